The fourth-order valence-electron chi connectivity index (χ4n) is 0.283. The summed E-state index contributed by atoms with van der Waals surface area (Å²) < 4.78 is 15.5. The molecule has 0 aliphatic carbocycles. The zero-order chi connectivity index (χ0) is 6.85. The van der Waals surface area contributed by atoms with Crippen LogP contribution in [0.15, 0.2) is 4.52 Å². The summed E-state index contributed by atoms with van der Waals surface area (Å²) in [7, 11) is 0. The van der Waals surface area contributed by atoms with Gasteiger partial charge in [0.15, 0.2) is 5.27 Å². The van der Waals surface area contributed by atoms with Crippen molar-refractivity contribution in [2.45, 2.75) is 0 Å². The minimum atomic E-state index is -1.37. The van der Waals surface area contributed by atoms with Gasteiger partial charge in [-0.15, -0.1) is 0 Å². The van der Waals surface area contributed by atoms with Gasteiger partial charge in [0.1, 0.15) is 5.10 Å². The second-order valence-corrected chi connectivity index (χ2v) is 1.13. The van der Waals surface area contributed by atoms with Crippen molar-refractivity contribution in [3.05, 3.63) is 16.1 Å². The van der Waals surface area contributed by atoms with Crippen molar-refractivity contribution in [1.29, 1.82) is 0 Å². The highest BCUT2D eigenvalue weighted by molar-refractivity contribution is 5.08. The minimum absolute atomic E-state index is 0.991. The SMILES string of the molecule is O=[N+]([O-])c1nnoc1F. The summed E-state index contributed by atoms with van der Waals surface area (Å²) in [6.07, 6.45) is 0. The van der Waals surface area contributed by atoms with E-state index in [0.717, 1.165) is 0 Å². The predicted octanol–water partition coefficient (Wildman–Crippen LogP) is 0.117. The lowest BCUT2D eigenvalue weighted by Crippen LogP contribution is -1.89. The number of hydrogen-bond acceptors (Lipinski definition) is 5. The monoisotopic (exact) mass is 133 g/mol. The predicted molar refractivity (Wildman–Crippen MR) is 20.9 cm³/mol. The Morgan fingerprint density at radius 3 is 2.67 bits per heavy atom. The van der Waals surface area contributed by atoms with E-state index >= 15 is 0 Å². The van der Waals surface area contributed by atoms with Crippen LogP contribution < -0.4 is 0 Å². The molecule has 6 nitrogen and oxygen atoms in total. The van der Waals surface area contributed by atoms with Gasteiger partial charge in [-0.25, -0.2) is 0 Å². The lowest BCUT2D eigenvalue weighted by atomic mass is 10.8. The molecule has 1 rings (SSSR count). The largest absolute Gasteiger partial charge is 0.469 e. The summed E-state index contributed by atoms with van der Waals surface area (Å²) in [6, 6.07) is -1.37. The first-order valence-corrected chi connectivity index (χ1v) is 1.84. The molecule has 0 saturated carbocycles. The standard InChI is InChI=1S/C2FN3O3/c3-1-2(6(7)8)4-5-9-1. The molecule has 1 aromatic heterocycles. The Balaban J connectivity index is 3.08. The second-order valence-electron chi connectivity index (χ2n) is 1.13. The van der Waals surface area contributed by atoms with Crippen LogP contribution in [0.2, 0.25) is 0 Å². The van der Waals surface area contributed by atoms with Crippen LogP contribution in [0.4, 0.5) is 10.2 Å². The first-order valence-electron chi connectivity index (χ1n) is 1.84. The average Bonchev–Trinajstić information content (AvgIpc) is 2.13. The molecule has 0 fully saturated rings. The number of halogens is 1. The molecule has 0 aliphatic heterocycles. The highest BCUT2D eigenvalue weighted by atomic mass is 19.1. The Labute approximate surface area is 47.4 Å². The van der Waals surface area contributed by atoms with Crippen molar-refractivity contribution in [3.8, 4) is 0 Å². The van der Waals surface area contributed by atoms with Gasteiger partial charge >= 0.3 is 11.8 Å². The van der Waals surface area contributed by atoms with Crippen molar-refractivity contribution in [2.24, 2.45) is 0 Å². The van der Waals surface area contributed by atoms with Crippen LogP contribution in [0.3, 0.4) is 0 Å². The summed E-state index contributed by atoms with van der Waals surface area (Å²) in [4.78, 5) is 8.66. The zero-order valence-electron chi connectivity index (χ0n) is 3.94. The van der Waals surface area contributed by atoms with Crippen molar-refractivity contribution in [3.63, 3.8) is 0 Å². The van der Waals surface area contributed by atoms with Gasteiger partial charge in [0.2, 0.25) is 0 Å². The number of nitro groups is 1. The first kappa shape index (κ1) is 5.60. The summed E-state index contributed by atoms with van der Waals surface area (Å²) in [5, 5.41) is 15.0. The van der Waals surface area contributed by atoms with Crippen molar-refractivity contribution >= 4 is 5.82 Å². The Morgan fingerprint density at radius 2 is 2.44 bits per heavy atom. The molecule has 0 radical (unpaired) electrons. The molecule has 9 heavy (non-hydrogen) atoms. The fourth-order valence-corrected chi connectivity index (χ4v) is 0.283. The third-order valence-electron chi connectivity index (χ3n) is 0.605. The lowest BCUT2D eigenvalue weighted by molar-refractivity contribution is -0.392. The van der Waals surface area contributed by atoms with Gasteiger partial charge in [-0.3, -0.25) is 4.52 Å². The van der Waals surface area contributed by atoms with Gasteiger partial charge in [0, 0.05) is 0 Å². The summed E-state index contributed by atoms with van der Waals surface area (Å²) in [5.41, 5.74) is 0. The Hall–Kier alpha value is -1.53. The second kappa shape index (κ2) is 1.77. The van der Waals surface area contributed by atoms with E-state index in [4.69, 9.17) is 0 Å². The van der Waals surface area contributed by atoms with Gasteiger partial charge < -0.3 is 10.1 Å². The van der Waals surface area contributed by atoms with Crippen LogP contribution in [0.25, 0.3) is 0 Å². The fraction of sp³-hybridized carbons (Fsp3) is 0. The van der Waals surface area contributed by atoms with E-state index in [9.17, 15) is 14.5 Å². The van der Waals surface area contributed by atoms with Gasteiger partial charge in [-0.1, -0.05) is 0 Å². The first-order chi connectivity index (χ1) is 4.22. The van der Waals surface area contributed by atoms with Gasteiger partial charge in [-0.05, 0) is 4.92 Å². The third-order valence-corrected chi connectivity index (χ3v) is 0.605. The molecule has 0 amide bonds. The lowest BCUT2D eigenvalue weighted by Gasteiger charge is -1.80. The molecule has 0 N–H and O–H groups in total. The molecule has 1 aromatic rings. The third kappa shape index (κ3) is 0.831. The molecular weight excluding hydrogens is 133 g/mol. The molecule has 0 bridgehead atoms. The molecule has 0 saturated heterocycles. The molecule has 0 aromatic carbocycles. The number of rotatable bonds is 1. The van der Waals surface area contributed by atoms with E-state index in [0.29, 0.717) is 0 Å². The van der Waals surface area contributed by atoms with Gasteiger partial charge in [0.05, 0.1) is 0 Å². The van der Waals surface area contributed by atoms with Crippen LogP contribution in [-0.2, 0) is 0 Å². The molecule has 7 heteroatoms. The van der Waals surface area contributed by atoms with Crippen LogP contribution in [0.1, 0.15) is 0 Å². The topological polar surface area (TPSA) is 82.1 Å². The highest BCUT2D eigenvalue weighted by Crippen LogP contribution is 2.09. The Morgan fingerprint density at radius 1 is 1.78 bits per heavy atom. The minimum Gasteiger partial charge on any atom is -0.358 e. The quantitative estimate of drug-likeness (QED) is 0.401. The van der Waals surface area contributed by atoms with E-state index in [1.165, 1.54) is 0 Å². The van der Waals surface area contributed by atoms with E-state index < -0.39 is 16.8 Å². The number of nitrogens with zero attached hydrogens (tertiary/aromatic N) is 3. The van der Waals surface area contributed by atoms with E-state index in [1.807, 2.05) is 0 Å². The maximum absolute atomic E-state index is 11.9. The maximum atomic E-state index is 11.9. The maximum Gasteiger partial charge on any atom is 0.469 e. The molecule has 0 spiro atoms. The molecule has 0 aliphatic rings. The average molecular weight is 133 g/mol. The Bertz CT molecular complexity index is 233. The number of aromatic nitrogens is 2. The van der Waals surface area contributed by atoms with Crippen LogP contribution >= 0.6 is 0 Å². The van der Waals surface area contributed by atoms with Crippen molar-refractivity contribution in [2.75, 3.05) is 0 Å². The Kier molecular flexibility index (Phi) is 1.10. The molecule has 48 valence electrons. The van der Waals surface area contributed by atoms with Crippen LogP contribution in [0, 0.1) is 16.1 Å². The smallest absolute Gasteiger partial charge is 0.358 e. The van der Waals surface area contributed by atoms with Crippen LogP contribution in [0.5, 0.6) is 0 Å². The summed E-state index contributed by atoms with van der Waals surface area (Å²) in [5.74, 6) is -0.991. The molecule has 0 atom stereocenters. The van der Waals surface area contributed by atoms with Gasteiger partial charge in [0.25, 0.3) is 0 Å². The summed E-state index contributed by atoms with van der Waals surface area (Å²) >= 11 is 0. The van der Waals surface area contributed by atoms with E-state index in [2.05, 4.69) is 14.9 Å². The van der Waals surface area contributed by atoms with Crippen LogP contribution in [-0.4, -0.2) is 15.3 Å². The summed E-state index contributed by atoms with van der Waals surface area (Å²) in [6.45, 7) is 0. The zero-order valence-corrected chi connectivity index (χ0v) is 3.94. The van der Waals surface area contributed by atoms with E-state index in [1.54, 1.807) is 0 Å². The number of hydrogen-bond donors (Lipinski definition) is 0. The normalized spacial score (nSPS) is 9.44. The molecule has 0 unspecified atom stereocenters. The van der Waals surface area contributed by atoms with Crippen molar-refractivity contribution in [1.82, 2.24) is 10.4 Å². The molecule has 1 heterocycles. The van der Waals surface area contributed by atoms with Crippen molar-refractivity contribution < 1.29 is 13.8 Å². The highest BCUT2D eigenvalue weighted by Gasteiger charge is 2.21. The van der Waals surface area contributed by atoms with Gasteiger partial charge in [-0.2, -0.15) is 4.39 Å². The van der Waals surface area contributed by atoms with E-state index in [-0.39, 0.29) is 0 Å². The molecular formula is C2FN3O3.